The molecule has 0 aromatic heterocycles. The minimum Gasteiger partial charge on any atom is -0.399 e. The number of anilines is 2. The van der Waals surface area contributed by atoms with Gasteiger partial charge in [-0.3, -0.25) is 0 Å². The van der Waals surface area contributed by atoms with Gasteiger partial charge in [0.2, 0.25) is 0 Å². The van der Waals surface area contributed by atoms with Crippen LogP contribution in [-0.2, 0) is 0 Å². The van der Waals surface area contributed by atoms with Crippen LogP contribution in [0.15, 0.2) is 18.2 Å². The number of aryl methyl sites for hydroxylation is 1. The lowest BCUT2D eigenvalue weighted by atomic mass is 10.1. The molecule has 2 nitrogen and oxygen atoms in total. The van der Waals surface area contributed by atoms with Gasteiger partial charge in [-0.15, -0.1) is 0 Å². The van der Waals surface area contributed by atoms with E-state index in [-0.39, 0.29) is 0 Å². The SMILES string of the molecule is CCCCCN(C)c1ccc(N)cc1C. The van der Waals surface area contributed by atoms with E-state index >= 15 is 0 Å². The topological polar surface area (TPSA) is 29.3 Å². The third-order valence-corrected chi connectivity index (χ3v) is 2.73. The summed E-state index contributed by atoms with van der Waals surface area (Å²) in [5.74, 6) is 0. The molecule has 0 atom stereocenters. The average molecular weight is 206 g/mol. The first-order valence-corrected chi connectivity index (χ1v) is 5.72. The van der Waals surface area contributed by atoms with Crippen LogP contribution < -0.4 is 10.6 Å². The Morgan fingerprint density at radius 2 is 2.00 bits per heavy atom. The molecule has 0 fully saturated rings. The number of benzene rings is 1. The Balaban J connectivity index is 2.61. The largest absolute Gasteiger partial charge is 0.399 e. The Hall–Kier alpha value is -1.18. The molecule has 0 aliphatic carbocycles. The van der Waals surface area contributed by atoms with E-state index in [2.05, 4.69) is 31.9 Å². The number of hydrogen-bond acceptors (Lipinski definition) is 2. The highest BCUT2D eigenvalue weighted by molar-refractivity contribution is 5.58. The third kappa shape index (κ3) is 3.46. The van der Waals surface area contributed by atoms with Gasteiger partial charge in [0.25, 0.3) is 0 Å². The van der Waals surface area contributed by atoms with Crippen LogP contribution >= 0.6 is 0 Å². The number of nitrogen functional groups attached to an aromatic ring is 1. The summed E-state index contributed by atoms with van der Waals surface area (Å²) in [6.07, 6.45) is 3.84. The van der Waals surface area contributed by atoms with Crippen LogP contribution in [-0.4, -0.2) is 13.6 Å². The van der Waals surface area contributed by atoms with Gasteiger partial charge in [-0.2, -0.15) is 0 Å². The molecule has 0 saturated heterocycles. The maximum absolute atomic E-state index is 5.73. The zero-order chi connectivity index (χ0) is 11.3. The number of nitrogens with two attached hydrogens (primary N) is 1. The standard InChI is InChI=1S/C13H22N2/c1-4-5-6-9-15(3)13-8-7-12(14)10-11(13)2/h7-8,10H,4-6,9,14H2,1-3H3. The zero-order valence-corrected chi connectivity index (χ0v) is 10.1. The van der Waals surface area contributed by atoms with E-state index in [1.807, 2.05) is 12.1 Å². The summed E-state index contributed by atoms with van der Waals surface area (Å²) < 4.78 is 0. The summed E-state index contributed by atoms with van der Waals surface area (Å²) in [5.41, 5.74) is 9.13. The number of unbranched alkanes of at least 4 members (excludes halogenated alkanes) is 2. The van der Waals surface area contributed by atoms with Crippen molar-refractivity contribution in [3.63, 3.8) is 0 Å². The van der Waals surface area contributed by atoms with Gasteiger partial charge >= 0.3 is 0 Å². The summed E-state index contributed by atoms with van der Waals surface area (Å²) in [7, 11) is 2.15. The van der Waals surface area contributed by atoms with Gasteiger partial charge in [-0.25, -0.2) is 0 Å². The molecule has 2 heteroatoms. The summed E-state index contributed by atoms with van der Waals surface area (Å²) >= 11 is 0. The van der Waals surface area contributed by atoms with Gasteiger partial charge < -0.3 is 10.6 Å². The van der Waals surface area contributed by atoms with Gasteiger partial charge in [0.15, 0.2) is 0 Å². The van der Waals surface area contributed by atoms with Crippen molar-refractivity contribution in [2.75, 3.05) is 24.2 Å². The molecule has 0 amide bonds. The first-order valence-electron chi connectivity index (χ1n) is 5.72. The third-order valence-electron chi connectivity index (χ3n) is 2.73. The minimum absolute atomic E-state index is 0.846. The molecule has 0 spiro atoms. The first-order chi connectivity index (χ1) is 7.15. The molecule has 0 heterocycles. The Labute approximate surface area is 93.1 Å². The molecule has 1 rings (SSSR count). The van der Waals surface area contributed by atoms with Gasteiger partial charge in [0.1, 0.15) is 0 Å². The number of nitrogens with zero attached hydrogens (tertiary/aromatic N) is 1. The summed E-state index contributed by atoms with van der Waals surface area (Å²) in [6, 6.07) is 6.11. The molecule has 0 aliphatic heterocycles. The van der Waals surface area contributed by atoms with E-state index in [4.69, 9.17) is 5.73 Å². The van der Waals surface area contributed by atoms with Crippen molar-refractivity contribution in [1.82, 2.24) is 0 Å². The predicted molar refractivity (Wildman–Crippen MR) is 68.4 cm³/mol. The highest BCUT2D eigenvalue weighted by Crippen LogP contribution is 2.21. The summed E-state index contributed by atoms with van der Waals surface area (Å²) in [5, 5.41) is 0. The molecule has 1 aromatic carbocycles. The normalized spacial score (nSPS) is 10.3. The van der Waals surface area contributed by atoms with Crippen LogP contribution in [0.4, 0.5) is 11.4 Å². The van der Waals surface area contributed by atoms with E-state index in [1.165, 1.54) is 30.5 Å². The highest BCUT2D eigenvalue weighted by atomic mass is 15.1. The van der Waals surface area contributed by atoms with Gasteiger partial charge in [-0.1, -0.05) is 19.8 Å². The Bertz CT molecular complexity index is 307. The van der Waals surface area contributed by atoms with Crippen LogP contribution in [0.2, 0.25) is 0 Å². The monoisotopic (exact) mass is 206 g/mol. The minimum atomic E-state index is 0.846. The second-order valence-electron chi connectivity index (χ2n) is 4.17. The lowest BCUT2D eigenvalue weighted by molar-refractivity contribution is 0.704. The summed E-state index contributed by atoms with van der Waals surface area (Å²) in [4.78, 5) is 2.31. The molecule has 84 valence electrons. The molecule has 2 N–H and O–H groups in total. The van der Waals surface area contributed by atoms with Gasteiger partial charge in [0.05, 0.1) is 0 Å². The van der Waals surface area contributed by atoms with Crippen molar-refractivity contribution in [2.24, 2.45) is 0 Å². The van der Waals surface area contributed by atoms with E-state index in [0.29, 0.717) is 0 Å². The maximum Gasteiger partial charge on any atom is 0.0394 e. The molecule has 0 unspecified atom stereocenters. The molecular formula is C13H22N2. The van der Waals surface area contributed by atoms with Crippen molar-refractivity contribution in [2.45, 2.75) is 33.1 Å². The Morgan fingerprint density at radius 1 is 1.27 bits per heavy atom. The molecule has 0 radical (unpaired) electrons. The van der Waals surface area contributed by atoms with E-state index in [9.17, 15) is 0 Å². The van der Waals surface area contributed by atoms with Crippen molar-refractivity contribution in [3.8, 4) is 0 Å². The Kier molecular flexibility index (Phi) is 4.47. The summed E-state index contributed by atoms with van der Waals surface area (Å²) in [6.45, 7) is 5.47. The lowest BCUT2D eigenvalue weighted by Gasteiger charge is -2.21. The van der Waals surface area contributed by atoms with E-state index < -0.39 is 0 Å². The number of rotatable bonds is 5. The Morgan fingerprint density at radius 3 is 2.60 bits per heavy atom. The smallest absolute Gasteiger partial charge is 0.0394 e. The fourth-order valence-corrected chi connectivity index (χ4v) is 1.83. The average Bonchev–Trinajstić information content (AvgIpc) is 2.17. The fraction of sp³-hybridized carbons (Fsp3) is 0.538. The van der Waals surface area contributed by atoms with Crippen molar-refractivity contribution < 1.29 is 0 Å². The van der Waals surface area contributed by atoms with Crippen LogP contribution in [0.1, 0.15) is 31.7 Å². The van der Waals surface area contributed by atoms with Crippen molar-refractivity contribution >= 4 is 11.4 Å². The van der Waals surface area contributed by atoms with E-state index in [0.717, 1.165) is 12.2 Å². The molecule has 0 aliphatic rings. The number of hydrogen-bond donors (Lipinski definition) is 1. The van der Waals surface area contributed by atoms with Crippen LogP contribution in [0.25, 0.3) is 0 Å². The molecule has 1 aromatic rings. The highest BCUT2D eigenvalue weighted by Gasteiger charge is 2.03. The van der Waals surface area contributed by atoms with Crippen molar-refractivity contribution in [3.05, 3.63) is 23.8 Å². The fourth-order valence-electron chi connectivity index (χ4n) is 1.83. The predicted octanol–water partition coefficient (Wildman–Crippen LogP) is 3.20. The molecule has 0 bridgehead atoms. The van der Waals surface area contributed by atoms with Crippen LogP contribution in [0, 0.1) is 6.92 Å². The van der Waals surface area contributed by atoms with E-state index in [1.54, 1.807) is 0 Å². The second kappa shape index (κ2) is 5.64. The maximum atomic E-state index is 5.73. The van der Waals surface area contributed by atoms with Gasteiger partial charge in [0, 0.05) is 25.0 Å². The zero-order valence-electron chi connectivity index (χ0n) is 10.1. The van der Waals surface area contributed by atoms with Crippen LogP contribution in [0.5, 0.6) is 0 Å². The first kappa shape index (κ1) is 11.9. The van der Waals surface area contributed by atoms with Crippen LogP contribution in [0.3, 0.4) is 0 Å². The quantitative estimate of drug-likeness (QED) is 0.592. The van der Waals surface area contributed by atoms with Gasteiger partial charge in [-0.05, 0) is 37.1 Å². The molecular weight excluding hydrogens is 184 g/mol. The molecule has 0 saturated carbocycles. The van der Waals surface area contributed by atoms with Crippen molar-refractivity contribution in [1.29, 1.82) is 0 Å². The second-order valence-corrected chi connectivity index (χ2v) is 4.17. The lowest BCUT2D eigenvalue weighted by Crippen LogP contribution is -2.19. The molecule has 15 heavy (non-hydrogen) atoms.